The van der Waals surface area contributed by atoms with Crippen molar-refractivity contribution in [2.24, 2.45) is 0 Å². The molecule has 5 heteroatoms. The predicted octanol–water partition coefficient (Wildman–Crippen LogP) is 1.44. The zero-order chi connectivity index (χ0) is 12.2. The molecule has 0 saturated heterocycles. The summed E-state index contributed by atoms with van der Waals surface area (Å²) < 4.78 is 6.07. The lowest BCUT2D eigenvalue weighted by atomic mass is 10.1. The summed E-state index contributed by atoms with van der Waals surface area (Å²) in [5, 5.41) is 13.2. The summed E-state index contributed by atoms with van der Waals surface area (Å²) in [6.07, 6.45) is 0. The maximum absolute atomic E-state index is 10.0. The molecule has 0 aliphatic rings. The Balaban J connectivity index is 2.29. The van der Waals surface area contributed by atoms with Crippen molar-refractivity contribution in [3.63, 3.8) is 0 Å². The van der Waals surface area contributed by atoms with Gasteiger partial charge in [-0.05, 0) is 49.1 Å². The number of aliphatic hydroxyl groups is 1. The van der Waals surface area contributed by atoms with Gasteiger partial charge in [-0.15, -0.1) is 0 Å². The van der Waals surface area contributed by atoms with Crippen molar-refractivity contribution in [2.75, 3.05) is 27.2 Å². The summed E-state index contributed by atoms with van der Waals surface area (Å²) in [6.45, 7) is 3.60. The summed E-state index contributed by atoms with van der Waals surface area (Å²) >= 11 is 3.25. The van der Waals surface area contributed by atoms with Gasteiger partial charge < -0.3 is 19.7 Å². The van der Waals surface area contributed by atoms with Crippen LogP contribution in [0.4, 0.5) is 0 Å². The van der Waals surface area contributed by atoms with Gasteiger partial charge in [0.1, 0.15) is 5.76 Å². The lowest BCUT2D eigenvalue weighted by molar-refractivity contribution is 0.0332. The molecule has 0 saturated carbocycles. The van der Waals surface area contributed by atoms with Gasteiger partial charge in [0.05, 0.1) is 12.1 Å². The third-order valence-corrected chi connectivity index (χ3v) is 2.52. The van der Waals surface area contributed by atoms with Crippen molar-refractivity contribution in [2.45, 2.75) is 19.1 Å². The van der Waals surface area contributed by atoms with Crippen LogP contribution in [0.5, 0.6) is 0 Å². The molecule has 1 heterocycles. The van der Waals surface area contributed by atoms with Crippen molar-refractivity contribution in [1.29, 1.82) is 0 Å². The van der Waals surface area contributed by atoms with Crippen LogP contribution in [0.3, 0.4) is 0 Å². The molecule has 0 amide bonds. The van der Waals surface area contributed by atoms with E-state index < -0.39 is 5.60 Å². The molecule has 0 aromatic carbocycles. The predicted molar refractivity (Wildman–Crippen MR) is 67.3 cm³/mol. The fraction of sp³-hybridized carbons (Fsp3) is 0.636. The molecule has 0 aliphatic heterocycles. The molecule has 0 spiro atoms. The van der Waals surface area contributed by atoms with Crippen LogP contribution in [-0.4, -0.2) is 42.8 Å². The fourth-order valence-corrected chi connectivity index (χ4v) is 1.98. The second kappa shape index (κ2) is 5.82. The molecule has 16 heavy (non-hydrogen) atoms. The van der Waals surface area contributed by atoms with Gasteiger partial charge in [0, 0.05) is 13.1 Å². The summed E-state index contributed by atoms with van der Waals surface area (Å²) in [6, 6.07) is 3.76. The van der Waals surface area contributed by atoms with E-state index in [2.05, 4.69) is 21.2 Å². The first-order valence-electron chi connectivity index (χ1n) is 5.21. The van der Waals surface area contributed by atoms with Crippen molar-refractivity contribution >= 4 is 15.9 Å². The number of nitrogens with zero attached hydrogens (tertiary/aromatic N) is 1. The van der Waals surface area contributed by atoms with Crippen LogP contribution in [0.25, 0.3) is 0 Å². The summed E-state index contributed by atoms with van der Waals surface area (Å²) in [5.74, 6) is 0.854. The van der Waals surface area contributed by atoms with E-state index in [-0.39, 0.29) is 0 Å². The lowest BCUT2D eigenvalue weighted by Crippen LogP contribution is -2.45. The fourth-order valence-electron chi connectivity index (χ4n) is 1.64. The highest BCUT2D eigenvalue weighted by Gasteiger charge is 2.20. The van der Waals surface area contributed by atoms with Gasteiger partial charge in [0.15, 0.2) is 4.67 Å². The van der Waals surface area contributed by atoms with E-state index in [0.29, 0.717) is 19.6 Å². The van der Waals surface area contributed by atoms with E-state index in [4.69, 9.17) is 4.42 Å². The van der Waals surface area contributed by atoms with E-state index in [1.54, 1.807) is 0 Å². The molecule has 1 atom stereocenters. The van der Waals surface area contributed by atoms with Crippen LogP contribution in [0.2, 0.25) is 0 Å². The first-order valence-corrected chi connectivity index (χ1v) is 6.00. The smallest absolute Gasteiger partial charge is 0.169 e. The SMILES string of the molecule is CN(C)CC(C)(O)CNCc1ccc(Br)o1. The first kappa shape index (κ1) is 13.7. The Hall–Kier alpha value is -0.360. The molecule has 1 aromatic rings. The van der Waals surface area contributed by atoms with Crippen molar-refractivity contribution < 1.29 is 9.52 Å². The largest absolute Gasteiger partial charge is 0.453 e. The Kier molecular flexibility index (Phi) is 4.98. The first-order chi connectivity index (χ1) is 7.39. The number of halogens is 1. The van der Waals surface area contributed by atoms with Gasteiger partial charge in [-0.1, -0.05) is 0 Å². The lowest BCUT2D eigenvalue weighted by Gasteiger charge is -2.27. The van der Waals surface area contributed by atoms with Crippen LogP contribution in [0.15, 0.2) is 21.2 Å². The van der Waals surface area contributed by atoms with E-state index in [9.17, 15) is 5.11 Å². The van der Waals surface area contributed by atoms with E-state index in [1.807, 2.05) is 38.1 Å². The summed E-state index contributed by atoms with van der Waals surface area (Å²) in [4.78, 5) is 1.96. The summed E-state index contributed by atoms with van der Waals surface area (Å²) in [5.41, 5.74) is -0.729. The number of rotatable bonds is 6. The maximum atomic E-state index is 10.0. The Labute approximate surface area is 105 Å². The average Bonchev–Trinajstić information content (AvgIpc) is 2.48. The second-order valence-corrected chi connectivity index (χ2v) is 5.33. The standard InChI is InChI=1S/C11H19BrN2O2/c1-11(15,8-14(2)3)7-13-6-9-4-5-10(12)16-9/h4-5,13,15H,6-8H2,1-3H3. The van der Waals surface area contributed by atoms with Gasteiger partial charge in [-0.2, -0.15) is 0 Å². The van der Waals surface area contributed by atoms with E-state index in [1.165, 1.54) is 0 Å². The van der Waals surface area contributed by atoms with Crippen LogP contribution >= 0.6 is 15.9 Å². The average molecular weight is 291 g/mol. The van der Waals surface area contributed by atoms with E-state index >= 15 is 0 Å². The van der Waals surface area contributed by atoms with Gasteiger partial charge in [0.2, 0.25) is 0 Å². The van der Waals surface area contributed by atoms with Gasteiger partial charge in [0.25, 0.3) is 0 Å². The van der Waals surface area contributed by atoms with Crippen LogP contribution in [0, 0.1) is 0 Å². The van der Waals surface area contributed by atoms with Crippen molar-refractivity contribution in [1.82, 2.24) is 10.2 Å². The molecular weight excluding hydrogens is 272 g/mol. The number of hydrogen-bond donors (Lipinski definition) is 2. The van der Waals surface area contributed by atoms with Crippen molar-refractivity contribution in [3.05, 3.63) is 22.6 Å². The monoisotopic (exact) mass is 290 g/mol. The number of hydrogen-bond acceptors (Lipinski definition) is 4. The minimum Gasteiger partial charge on any atom is -0.453 e. The van der Waals surface area contributed by atoms with E-state index in [0.717, 1.165) is 10.4 Å². The molecule has 0 bridgehead atoms. The minimum absolute atomic E-state index is 0.531. The highest BCUT2D eigenvalue weighted by Crippen LogP contribution is 2.13. The molecular formula is C11H19BrN2O2. The Morgan fingerprint density at radius 3 is 2.69 bits per heavy atom. The Morgan fingerprint density at radius 2 is 2.19 bits per heavy atom. The van der Waals surface area contributed by atoms with Crippen LogP contribution < -0.4 is 5.32 Å². The van der Waals surface area contributed by atoms with Crippen molar-refractivity contribution in [3.8, 4) is 0 Å². The molecule has 92 valence electrons. The number of nitrogens with one attached hydrogen (secondary N) is 1. The quantitative estimate of drug-likeness (QED) is 0.833. The molecule has 0 fully saturated rings. The topological polar surface area (TPSA) is 48.6 Å². The highest BCUT2D eigenvalue weighted by atomic mass is 79.9. The Bertz CT molecular complexity index is 324. The number of furan rings is 1. The molecule has 1 unspecified atom stereocenters. The molecule has 1 aromatic heterocycles. The molecule has 1 rings (SSSR count). The third-order valence-electron chi connectivity index (χ3n) is 2.09. The van der Waals surface area contributed by atoms with Crippen LogP contribution in [-0.2, 0) is 6.54 Å². The minimum atomic E-state index is -0.729. The molecule has 2 N–H and O–H groups in total. The van der Waals surface area contributed by atoms with Gasteiger partial charge in [-0.25, -0.2) is 0 Å². The number of likely N-dealkylation sites (N-methyl/N-ethyl adjacent to an activating group) is 1. The summed E-state index contributed by atoms with van der Waals surface area (Å²) in [7, 11) is 3.89. The highest BCUT2D eigenvalue weighted by molar-refractivity contribution is 9.10. The molecule has 0 radical (unpaired) electrons. The van der Waals surface area contributed by atoms with Crippen LogP contribution in [0.1, 0.15) is 12.7 Å². The van der Waals surface area contributed by atoms with Gasteiger partial charge in [-0.3, -0.25) is 0 Å². The zero-order valence-corrected chi connectivity index (χ0v) is 11.5. The Morgan fingerprint density at radius 1 is 1.50 bits per heavy atom. The maximum Gasteiger partial charge on any atom is 0.169 e. The zero-order valence-electron chi connectivity index (χ0n) is 9.96. The normalized spacial score (nSPS) is 15.4. The molecule has 0 aliphatic carbocycles. The van der Waals surface area contributed by atoms with Gasteiger partial charge >= 0.3 is 0 Å². The second-order valence-electron chi connectivity index (χ2n) is 4.54. The molecule has 4 nitrogen and oxygen atoms in total. The third kappa shape index (κ3) is 5.12.